The van der Waals surface area contributed by atoms with E-state index in [1.807, 2.05) is 50.2 Å². The Kier molecular flexibility index (Phi) is 5.30. The van der Waals surface area contributed by atoms with Crippen molar-refractivity contribution in [1.29, 1.82) is 0 Å². The van der Waals surface area contributed by atoms with Gasteiger partial charge in [-0.2, -0.15) is 0 Å². The third kappa shape index (κ3) is 3.80. The normalized spacial score (nSPS) is 12.5. The summed E-state index contributed by atoms with van der Waals surface area (Å²) < 4.78 is 7.85. The minimum Gasteiger partial charge on any atom is -0.491 e. The first-order chi connectivity index (χ1) is 12.0. The molecule has 2 aromatic carbocycles. The van der Waals surface area contributed by atoms with Crippen LogP contribution in [0, 0.1) is 13.8 Å². The number of aryl methyl sites for hydroxylation is 3. The zero-order valence-electron chi connectivity index (χ0n) is 14.8. The van der Waals surface area contributed by atoms with Crippen LogP contribution in [0.2, 0.25) is 5.02 Å². The minimum absolute atomic E-state index is 0.218. The number of aromatic nitrogens is 2. The van der Waals surface area contributed by atoms with E-state index >= 15 is 0 Å². The van der Waals surface area contributed by atoms with Gasteiger partial charge < -0.3 is 14.4 Å². The Morgan fingerprint density at radius 2 is 1.88 bits per heavy atom. The lowest BCUT2D eigenvalue weighted by atomic mass is 10.1. The Morgan fingerprint density at radius 1 is 1.20 bits per heavy atom. The minimum atomic E-state index is -0.626. The van der Waals surface area contributed by atoms with Crippen LogP contribution in [-0.4, -0.2) is 27.4 Å². The van der Waals surface area contributed by atoms with Crippen molar-refractivity contribution >= 4 is 22.6 Å². The van der Waals surface area contributed by atoms with Gasteiger partial charge in [-0.15, -0.1) is 0 Å². The Bertz CT molecular complexity index is 866. The standard InChI is InChI=1S/C20H23ClN2O2/c1-4-19-22-17-7-5-6-8-18(17)23(19)11-15(24)12-25-16-9-13(2)20(21)14(3)10-16/h5-10,15,24H,4,11-12H2,1-3H3. The molecule has 0 saturated carbocycles. The fourth-order valence-electron chi connectivity index (χ4n) is 3.04. The van der Waals surface area contributed by atoms with Gasteiger partial charge in [0.2, 0.25) is 0 Å². The first-order valence-corrected chi connectivity index (χ1v) is 8.89. The average Bonchev–Trinajstić information content (AvgIpc) is 2.95. The molecule has 0 fully saturated rings. The summed E-state index contributed by atoms with van der Waals surface area (Å²) in [4.78, 5) is 4.63. The number of benzene rings is 2. The van der Waals surface area contributed by atoms with E-state index in [-0.39, 0.29) is 6.61 Å². The lowest BCUT2D eigenvalue weighted by Crippen LogP contribution is -2.24. The van der Waals surface area contributed by atoms with E-state index < -0.39 is 6.10 Å². The maximum Gasteiger partial charge on any atom is 0.120 e. The van der Waals surface area contributed by atoms with Crippen LogP contribution in [0.1, 0.15) is 23.9 Å². The molecule has 0 spiro atoms. The molecule has 0 amide bonds. The Balaban J connectivity index is 1.72. The molecule has 0 saturated heterocycles. The number of aliphatic hydroxyl groups excluding tert-OH is 1. The number of hydrogen-bond acceptors (Lipinski definition) is 3. The van der Waals surface area contributed by atoms with Crippen LogP contribution in [0.5, 0.6) is 5.75 Å². The van der Waals surface area contributed by atoms with E-state index in [1.54, 1.807) is 0 Å². The van der Waals surface area contributed by atoms with Gasteiger partial charge in [0.25, 0.3) is 0 Å². The highest BCUT2D eigenvalue weighted by Crippen LogP contribution is 2.26. The van der Waals surface area contributed by atoms with Crippen LogP contribution in [-0.2, 0) is 13.0 Å². The van der Waals surface area contributed by atoms with E-state index in [9.17, 15) is 5.11 Å². The largest absolute Gasteiger partial charge is 0.491 e. The molecule has 132 valence electrons. The number of halogens is 1. The molecular weight excluding hydrogens is 336 g/mol. The van der Waals surface area contributed by atoms with Gasteiger partial charge in [-0.1, -0.05) is 30.7 Å². The smallest absolute Gasteiger partial charge is 0.120 e. The summed E-state index contributed by atoms with van der Waals surface area (Å²) in [7, 11) is 0. The van der Waals surface area contributed by atoms with Gasteiger partial charge in [0.1, 0.15) is 24.3 Å². The number of fused-ring (bicyclic) bond motifs is 1. The quantitative estimate of drug-likeness (QED) is 0.714. The number of aliphatic hydroxyl groups is 1. The van der Waals surface area contributed by atoms with Gasteiger partial charge in [-0.25, -0.2) is 4.98 Å². The monoisotopic (exact) mass is 358 g/mol. The molecule has 4 nitrogen and oxygen atoms in total. The van der Waals surface area contributed by atoms with Crippen LogP contribution in [0.15, 0.2) is 36.4 Å². The summed E-state index contributed by atoms with van der Waals surface area (Å²) in [6.45, 7) is 6.64. The lowest BCUT2D eigenvalue weighted by Gasteiger charge is -2.16. The van der Waals surface area contributed by atoms with E-state index in [0.717, 1.165) is 45.2 Å². The van der Waals surface area contributed by atoms with E-state index in [1.165, 1.54) is 0 Å². The molecule has 1 N–H and O–H groups in total. The summed E-state index contributed by atoms with van der Waals surface area (Å²) >= 11 is 6.18. The number of para-hydroxylation sites is 2. The SMILES string of the molecule is CCc1nc2ccccc2n1CC(O)COc1cc(C)c(Cl)c(C)c1. The van der Waals surface area contributed by atoms with Crippen LogP contribution < -0.4 is 4.74 Å². The Labute approximate surface area is 153 Å². The molecule has 3 aromatic rings. The van der Waals surface area contributed by atoms with Crippen LogP contribution in [0.25, 0.3) is 11.0 Å². The van der Waals surface area contributed by atoms with Crippen LogP contribution in [0.3, 0.4) is 0 Å². The zero-order chi connectivity index (χ0) is 18.0. The fraction of sp³-hybridized carbons (Fsp3) is 0.350. The number of nitrogens with zero attached hydrogens (tertiary/aromatic N) is 2. The summed E-state index contributed by atoms with van der Waals surface area (Å²) in [5, 5.41) is 11.2. The molecule has 0 aliphatic carbocycles. The summed E-state index contributed by atoms with van der Waals surface area (Å²) in [6, 6.07) is 11.8. The second-order valence-corrected chi connectivity index (χ2v) is 6.69. The molecule has 0 aliphatic rings. The molecule has 3 rings (SSSR count). The van der Waals surface area contributed by atoms with E-state index in [2.05, 4.69) is 16.5 Å². The zero-order valence-corrected chi connectivity index (χ0v) is 15.5. The van der Waals surface area contributed by atoms with Crippen molar-refractivity contribution < 1.29 is 9.84 Å². The topological polar surface area (TPSA) is 47.3 Å². The molecule has 0 bridgehead atoms. The first-order valence-electron chi connectivity index (χ1n) is 8.51. The van der Waals surface area contributed by atoms with Crippen molar-refractivity contribution in [2.75, 3.05) is 6.61 Å². The number of ether oxygens (including phenoxy) is 1. The molecule has 0 radical (unpaired) electrons. The van der Waals surface area contributed by atoms with Crippen molar-refractivity contribution in [3.05, 3.63) is 58.4 Å². The van der Waals surface area contributed by atoms with E-state index in [4.69, 9.17) is 16.3 Å². The first kappa shape index (κ1) is 17.8. The predicted octanol–water partition coefficient (Wildman–Crippen LogP) is 4.31. The maximum atomic E-state index is 10.5. The molecule has 1 unspecified atom stereocenters. The molecule has 1 aromatic heterocycles. The highest BCUT2D eigenvalue weighted by molar-refractivity contribution is 6.32. The Hall–Kier alpha value is -2.04. The van der Waals surface area contributed by atoms with Crippen molar-refractivity contribution in [2.24, 2.45) is 0 Å². The molecule has 1 heterocycles. The van der Waals surface area contributed by atoms with Crippen LogP contribution >= 0.6 is 11.6 Å². The number of imidazole rings is 1. The van der Waals surface area contributed by atoms with Gasteiger partial charge in [-0.05, 0) is 49.2 Å². The van der Waals surface area contributed by atoms with Gasteiger partial charge >= 0.3 is 0 Å². The van der Waals surface area contributed by atoms with Crippen LogP contribution in [0.4, 0.5) is 0 Å². The molecule has 25 heavy (non-hydrogen) atoms. The Morgan fingerprint density at radius 3 is 2.56 bits per heavy atom. The third-order valence-corrected chi connectivity index (χ3v) is 4.89. The van der Waals surface area contributed by atoms with Crippen molar-refractivity contribution in [3.8, 4) is 5.75 Å². The highest BCUT2D eigenvalue weighted by Gasteiger charge is 2.14. The summed E-state index contributed by atoms with van der Waals surface area (Å²) in [5.41, 5.74) is 3.94. The molecule has 5 heteroatoms. The third-order valence-electron chi connectivity index (χ3n) is 4.30. The van der Waals surface area contributed by atoms with Crippen molar-refractivity contribution in [2.45, 2.75) is 39.8 Å². The summed E-state index contributed by atoms with van der Waals surface area (Å²) in [6.07, 6.45) is 0.192. The molecular formula is C20H23ClN2O2. The average molecular weight is 359 g/mol. The lowest BCUT2D eigenvalue weighted by molar-refractivity contribution is 0.0927. The fourth-order valence-corrected chi connectivity index (χ4v) is 3.15. The van der Waals surface area contributed by atoms with Crippen molar-refractivity contribution in [3.63, 3.8) is 0 Å². The van der Waals surface area contributed by atoms with E-state index in [0.29, 0.717) is 6.54 Å². The second kappa shape index (κ2) is 7.46. The predicted molar refractivity (Wildman–Crippen MR) is 102 cm³/mol. The van der Waals surface area contributed by atoms with Gasteiger partial charge in [0, 0.05) is 11.4 Å². The van der Waals surface area contributed by atoms with Gasteiger partial charge in [-0.3, -0.25) is 0 Å². The van der Waals surface area contributed by atoms with Gasteiger partial charge in [0.15, 0.2) is 0 Å². The second-order valence-electron chi connectivity index (χ2n) is 6.32. The molecule has 1 atom stereocenters. The number of rotatable bonds is 6. The van der Waals surface area contributed by atoms with Crippen molar-refractivity contribution in [1.82, 2.24) is 9.55 Å². The number of hydrogen-bond donors (Lipinski definition) is 1. The molecule has 0 aliphatic heterocycles. The highest BCUT2D eigenvalue weighted by atomic mass is 35.5. The summed E-state index contributed by atoms with van der Waals surface area (Å²) in [5.74, 6) is 1.70. The van der Waals surface area contributed by atoms with Gasteiger partial charge in [0.05, 0.1) is 17.6 Å². The maximum absolute atomic E-state index is 10.5.